The smallest absolute Gasteiger partial charge is 0.264 e. The number of amides is 2. The van der Waals surface area contributed by atoms with E-state index >= 15 is 0 Å². The summed E-state index contributed by atoms with van der Waals surface area (Å²) >= 11 is 0. The van der Waals surface area contributed by atoms with E-state index in [9.17, 15) is 26.8 Å². The van der Waals surface area contributed by atoms with Crippen LogP contribution in [0.15, 0.2) is 77.7 Å². The maximum absolute atomic E-state index is 14.6. The van der Waals surface area contributed by atoms with Crippen molar-refractivity contribution in [3.05, 3.63) is 95.6 Å². The molecular formula is C30H33F2N3O4S. The van der Waals surface area contributed by atoms with Crippen molar-refractivity contribution in [2.45, 2.75) is 63.1 Å². The van der Waals surface area contributed by atoms with E-state index in [1.807, 2.05) is 6.92 Å². The second kappa shape index (κ2) is 12.6. The molecule has 10 heteroatoms. The lowest BCUT2D eigenvalue weighted by molar-refractivity contribution is -0.139. The van der Waals surface area contributed by atoms with Crippen LogP contribution in [0.2, 0.25) is 0 Å². The first kappa shape index (κ1) is 29.2. The van der Waals surface area contributed by atoms with Gasteiger partial charge in [-0.1, -0.05) is 48.7 Å². The lowest BCUT2D eigenvalue weighted by Crippen LogP contribution is -2.52. The fourth-order valence-electron chi connectivity index (χ4n) is 4.76. The van der Waals surface area contributed by atoms with Crippen LogP contribution in [-0.2, 0) is 26.2 Å². The largest absolute Gasteiger partial charge is 0.352 e. The number of aryl methyl sites for hydroxylation is 1. The molecule has 0 radical (unpaired) electrons. The SMILES string of the molecule is Cc1ccc(N(CC(=O)N(Cc2ccccc2F)C(C)C(=O)NC2CCCC2)S(=O)(=O)c2ccc(F)cc2)cc1. The van der Waals surface area contributed by atoms with Gasteiger partial charge >= 0.3 is 0 Å². The van der Waals surface area contributed by atoms with E-state index in [1.54, 1.807) is 37.3 Å². The third-order valence-corrected chi connectivity index (χ3v) is 8.96. The molecule has 7 nitrogen and oxygen atoms in total. The standard InChI is InChI=1S/C30H33F2N3O4S/c1-21-11-15-26(16-12-21)35(40(38,39)27-17-13-24(31)14-18-27)20-29(36)34(19-23-7-3-6-10-28(23)32)22(2)30(37)33-25-8-4-5-9-25/h3,6-7,10-18,22,25H,4-5,8-9,19-20H2,1-2H3,(H,33,37). The molecule has 1 atom stereocenters. The fourth-order valence-corrected chi connectivity index (χ4v) is 6.17. The van der Waals surface area contributed by atoms with Crippen molar-refractivity contribution in [1.82, 2.24) is 10.2 Å². The summed E-state index contributed by atoms with van der Waals surface area (Å²) in [5.74, 6) is -2.23. The number of carbonyl (C=O) groups excluding carboxylic acids is 2. The highest BCUT2D eigenvalue weighted by Crippen LogP contribution is 2.26. The van der Waals surface area contributed by atoms with Gasteiger partial charge in [0.1, 0.15) is 24.2 Å². The Balaban J connectivity index is 1.69. The van der Waals surface area contributed by atoms with Gasteiger partial charge in [0.25, 0.3) is 10.0 Å². The van der Waals surface area contributed by atoms with Crippen molar-refractivity contribution >= 4 is 27.5 Å². The van der Waals surface area contributed by atoms with Gasteiger partial charge in [0, 0.05) is 18.2 Å². The number of rotatable bonds is 10. The molecule has 0 aromatic heterocycles. The molecule has 0 saturated heterocycles. The van der Waals surface area contributed by atoms with Crippen LogP contribution in [0.3, 0.4) is 0 Å². The summed E-state index contributed by atoms with van der Waals surface area (Å²) < 4.78 is 56.6. The third-order valence-electron chi connectivity index (χ3n) is 7.17. The predicted molar refractivity (Wildman–Crippen MR) is 149 cm³/mol. The van der Waals surface area contributed by atoms with Crippen LogP contribution in [0.4, 0.5) is 14.5 Å². The number of anilines is 1. The van der Waals surface area contributed by atoms with E-state index in [0.717, 1.165) is 59.8 Å². The Hall–Kier alpha value is -3.79. The molecule has 1 aliphatic rings. The minimum atomic E-state index is -4.31. The molecule has 0 bridgehead atoms. The van der Waals surface area contributed by atoms with Crippen LogP contribution in [0.25, 0.3) is 0 Å². The lowest BCUT2D eigenvalue weighted by Gasteiger charge is -2.32. The molecule has 40 heavy (non-hydrogen) atoms. The van der Waals surface area contributed by atoms with Gasteiger partial charge in [0.2, 0.25) is 11.8 Å². The van der Waals surface area contributed by atoms with E-state index in [2.05, 4.69) is 5.32 Å². The Kier molecular flexibility index (Phi) is 9.19. The molecule has 1 N–H and O–H groups in total. The number of hydrogen-bond acceptors (Lipinski definition) is 4. The zero-order valence-corrected chi connectivity index (χ0v) is 23.3. The molecule has 1 aliphatic carbocycles. The van der Waals surface area contributed by atoms with Gasteiger partial charge in [-0.15, -0.1) is 0 Å². The maximum Gasteiger partial charge on any atom is 0.264 e. The summed E-state index contributed by atoms with van der Waals surface area (Å²) in [5.41, 5.74) is 1.30. The summed E-state index contributed by atoms with van der Waals surface area (Å²) in [4.78, 5) is 28.1. The average molecular weight is 570 g/mol. The Morgan fingerprint density at radius 2 is 1.57 bits per heavy atom. The normalized spacial score (nSPS) is 14.5. The molecule has 0 spiro atoms. The van der Waals surface area contributed by atoms with Gasteiger partial charge in [0.15, 0.2) is 0 Å². The number of nitrogens with one attached hydrogen (secondary N) is 1. The zero-order valence-electron chi connectivity index (χ0n) is 22.5. The molecule has 212 valence electrons. The summed E-state index contributed by atoms with van der Waals surface area (Å²) in [6.45, 7) is 2.50. The monoisotopic (exact) mass is 569 g/mol. The minimum Gasteiger partial charge on any atom is -0.352 e. The average Bonchev–Trinajstić information content (AvgIpc) is 3.44. The molecular weight excluding hydrogens is 536 g/mol. The lowest BCUT2D eigenvalue weighted by atomic mass is 10.1. The number of halogens is 2. The second-order valence-corrected chi connectivity index (χ2v) is 11.9. The van der Waals surface area contributed by atoms with Gasteiger partial charge in [-0.25, -0.2) is 17.2 Å². The number of benzene rings is 3. The first-order chi connectivity index (χ1) is 19.1. The van der Waals surface area contributed by atoms with E-state index in [-0.39, 0.29) is 34.6 Å². The fraction of sp³-hybridized carbons (Fsp3) is 0.333. The van der Waals surface area contributed by atoms with Gasteiger partial charge in [0.05, 0.1) is 10.6 Å². The Morgan fingerprint density at radius 1 is 0.950 bits per heavy atom. The van der Waals surface area contributed by atoms with Crippen LogP contribution >= 0.6 is 0 Å². The first-order valence-corrected chi connectivity index (χ1v) is 14.7. The number of carbonyl (C=O) groups is 2. The highest BCUT2D eigenvalue weighted by molar-refractivity contribution is 7.92. The van der Waals surface area contributed by atoms with Gasteiger partial charge in [-0.3, -0.25) is 13.9 Å². The van der Waals surface area contributed by atoms with E-state index in [1.165, 1.54) is 23.1 Å². The minimum absolute atomic E-state index is 0.00303. The molecule has 0 heterocycles. The maximum atomic E-state index is 14.6. The van der Waals surface area contributed by atoms with Crippen LogP contribution < -0.4 is 9.62 Å². The molecule has 0 aliphatic heterocycles. The van der Waals surface area contributed by atoms with Gasteiger partial charge in [-0.05, 0) is 69.2 Å². The highest BCUT2D eigenvalue weighted by atomic mass is 32.2. The number of nitrogens with zero attached hydrogens (tertiary/aromatic N) is 2. The number of sulfonamides is 1. The van der Waals surface area contributed by atoms with Crippen molar-refractivity contribution in [3.8, 4) is 0 Å². The van der Waals surface area contributed by atoms with Crippen molar-refractivity contribution in [2.75, 3.05) is 10.8 Å². The van der Waals surface area contributed by atoms with E-state index < -0.39 is 40.2 Å². The Labute approximate surface area is 233 Å². The quantitative estimate of drug-likeness (QED) is 0.375. The summed E-state index contributed by atoms with van der Waals surface area (Å²) in [7, 11) is -4.31. The van der Waals surface area contributed by atoms with Crippen LogP contribution in [0.5, 0.6) is 0 Å². The van der Waals surface area contributed by atoms with Crippen LogP contribution in [-0.4, -0.2) is 43.8 Å². The topological polar surface area (TPSA) is 86.8 Å². The van der Waals surface area contributed by atoms with Crippen LogP contribution in [0.1, 0.15) is 43.7 Å². The molecule has 3 aromatic rings. The molecule has 1 saturated carbocycles. The van der Waals surface area contributed by atoms with Crippen molar-refractivity contribution in [3.63, 3.8) is 0 Å². The van der Waals surface area contributed by atoms with E-state index in [4.69, 9.17) is 0 Å². The molecule has 3 aromatic carbocycles. The number of hydrogen-bond donors (Lipinski definition) is 1. The van der Waals surface area contributed by atoms with E-state index in [0.29, 0.717) is 0 Å². The van der Waals surface area contributed by atoms with Gasteiger partial charge < -0.3 is 10.2 Å². The van der Waals surface area contributed by atoms with Crippen molar-refractivity contribution < 1.29 is 26.8 Å². The Morgan fingerprint density at radius 3 is 2.20 bits per heavy atom. The van der Waals surface area contributed by atoms with Gasteiger partial charge in [-0.2, -0.15) is 0 Å². The molecule has 1 fully saturated rings. The predicted octanol–water partition coefficient (Wildman–Crippen LogP) is 4.94. The van der Waals surface area contributed by atoms with Crippen LogP contribution in [0, 0.1) is 18.6 Å². The molecule has 4 rings (SSSR count). The first-order valence-electron chi connectivity index (χ1n) is 13.2. The summed E-state index contributed by atoms with van der Waals surface area (Å²) in [6.07, 6.45) is 3.70. The zero-order chi connectivity index (χ0) is 28.9. The molecule has 2 amide bonds. The van der Waals surface area contributed by atoms with Crippen molar-refractivity contribution in [2.24, 2.45) is 0 Å². The highest BCUT2D eigenvalue weighted by Gasteiger charge is 2.33. The summed E-state index contributed by atoms with van der Waals surface area (Å²) in [6, 6.07) is 15.8. The molecule has 1 unspecified atom stereocenters. The second-order valence-electron chi connectivity index (χ2n) is 10.1. The Bertz CT molecular complexity index is 1440. The third kappa shape index (κ3) is 6.85. The summed E-state index contributed by atoms with van der Waals surface area (Å²) in [5, 5.41) is 2.97. The van der Waals surface area contributed by atoms with Crippen molar-refractivity contribution in [1.29, 1.82) is 0 Å².